The van der Waals surface area contributed by atoms with Gasteiger partial charge in [-0.25, -0.2) is 5.43 Å². The van der Waals surface area contributed by atoms with Crippen LogP contribution < -0.4 is 10.2 Å². The zero-order valence-electron chi connectivity index (χ0n) is 14.2. The van der Waals surface area contributed by atoms with E-state index in [9.17, 15) is 4.79 Å². The van der Waals surface area contributed by atoms with E-state index in [0.29, 0.717) is 33.5 Å². The molecule has 1 amide bonds. The van der Waals surface area contributed by atoms with Crippen LogP contribution in [0.1, 0.15) is 21.5 Å². The number of halogens is 2. The lowest BCUT2D eigenvalue weighted by Crippen LogP contribution is -2.18. The van der Waals surface area contributed by atoms with Gasteiger partial charge in [0.05, 0.1) is 21.8 Å². The summed E-state index contributed by atoms with van der Waals surface area (Å²) in [7, 11) is 0. The molecule has 0 fully saturated rings. The van der Waals surface area contributed by atoms with Gasteiger partial charge in [0, 0.05) is 5.56 Å². The molecule has 0 saturated carbocycles. The van der Waals surface area contributed by atoms with Crippen molar-refractivity contribution < 1.29 is 9.53 Å². The number of para-hydroxylation sites is 1. The lowest BCUT2D eigenvalue weighted by atomic mass is 10.2. The lowest BCUT2D eigenvalue weighted by Gasteiger charge is -2.10. The molecule has 1 N–H and O–H groups in total. The molecule has 136 valence electrons. The maximum absolute atomic E-state index is 12.5. The average Bonchev–Trinajstić information content (AvgIpc) is 2.69. The summed E-state index contributed by atoms with van der Waals surface area (Å²) in [5, 5.41) is 4.85. The topological polar surface area (TPSA) is 50.7 Å². The van der Waals surface area contributed by atoms with Crippen molar-refractivity contribution in [2.75, 3.05) is 0 Å². The summed E-state index contributed by atoms with van der Waals surface area (Å²) >= 11 is 12.2. The standard InChI is InChI=1S/C21H16Cl2N2O2/c22-18-10-6-11-19(23)17(18)13-24-25-21(26)16-9-4-5-12-20(16)27-14-15-7-2-1-3-8-15/h1-13H,14H2,(H,25,26). The Kier molecular flexibility index (Phi) is 6.47. The highest BCUT2D eigenvalue weighted by Gasteiger charge is 2.11. The number of nitrogens with zero attached hydrogens (tertiary/aromatic N) is 1. The Bertz CT molecular complexity index is 939. The zero-order valence-corrected chi connectivity index (χ0v) is 15.7. The van der Waals surface area contributed by atoms with E-state index in [1.807, 2.05) is 36.4 Å². The molecule has 0 radical (unpaired) electrons. The van der Waals surface area contributed by atoms with Gasteiger partial charge in [-0.05, 0) is 29.8 Å². The van der Waals surface area contributed by atoms with Gasteiger partial charge >= 0.3 is 0 Å². The van der Waals surface area contributed by atoms with Crippen molar-refractivity contribution in [1.82, 2.24) is 5.43 Å². The first-order valence-corrected chi connectivity index (χ1v) is 8.94. The molecule has 0 aliphatic heterocycles. The molecule has 3 aromatic rings. The molecule has 0 aliphatic carbocycles. The third kappa shape index (κ3) is 5.09. The van der Waals surface area contributed by atoms with E-state index in [-0.39, 0.29) is 0 Å². The molecule has 0 atom stereocenters. The van der Waals surface area contributed by atoms with Crippen LogP contribution in [-0.2, 0) is 6.61 Å². The third-order valence-corrected chi connectivity index (χ3v) is 4.39. The summed E-state index contributed by atoms with van der Waals surface area (Å²) in [6, 6.07) is 21.9. The second-order valence-corrected chi connectivity index (χ2v) is 6.42. The smallest absolute Gasteiger partial charge is 0.275 e. The zero-order chi connectivity index (χ0) is 19.1. The van der Waals surface area contributed by atoms with Crippen molar-refractivity contribution in [3.05, 3.63) is 99.5 Å². The highest BCUT2D eigenvalue weighted by atomic mass is 35.5. The van der Waals surface area contributed by atoms with E-state index in [4.69, 9.17) is 27.9 Å². The monoisotopic (exact) mass is 398 g/mol. The van der Waals surface area contributed by atoms with Crippen molar-refractivity contribution in [1.29, 1.82) is 0 Å². The number of nitrogens with one attached hydrogen (secondary N) is 1. The maximum Gasteiger partial charge on any atom is 0.275 e. The van der Waals surface area contributed by atoms with Crippen molar-refractivity contribution in [2.24, 2.45) is 5.10 Å². The third-order valence-electron chi connectivity index (χ3n) is 3.73. The van der Waals surface area contributed by atoms with Crippen molar-refractivity contribution in [2.45, 2.75) is 6.61 Å². The first-order valence-electron chi connectivity index (χ1n) is 8.18. The van der Waals surface area contributed by atoms with Gasteiger partial charge in [-0.1, -0.05) is 71.7 Å². The Balaban J connectivity index is 1.69. The minimum absolute atomic E-state index is 0.365. The van der Waals surface area contributed by atoms with Gasteiger partial charge in [-0.2, -0.15) is 5.10 Å². The molecule has 0 saturated heterocycles. The molecule has 3 aromatic carbocycles. The quantitative estimate of drug-likeness (QED) is 0.450. The molecule has 0 aromatic heterocycles. The Morgan fingerprint density at radius 3 is 2.33 bits per heavy atom. The van der Waals surface area contributed by atoms with E-state index >= 15 is 0 Å². The van der Waals surface area contributed by atoms with Gasteiger partial charge in [0.25, 0.3) is 5.91 Å². The Labute approximate surface area is 167 Å². The largest absolute Gasteiger partial charge is 0.488 e. The Hall–Kier alpha value is -2.82. The van der Waals surface area contributed by atoms with Gasteiger partial charge in [0.15, 0.2) is 0 Å². The normalized spacial score (nSPS) is 10.7. The number of ether oxygens (including phenoxy) is 1. The number of rotatable bonds is 6. The summed E-state index contributed by atoms with van der Waals surface area (Å²) < 4.78 is 5.79. The Morgan fingerprint density at radius 2 is 1.59 bits per heavy atom. The van der Waals surface area contributed by atoms with Crippen LogP contribution in [0.5, 0.6) is 5.75 Å². The minimum Gasteiger partial charge on any atom is -0.488 e. The predicted molar refractivity (Wildman–Crippen MR) is 109 cm³/mol. The fourth-order valence-electron chi connectivity index (χ4n) is 2.37. The highest BCUT2D eigenvalue weighted by Crippen LogP contribution is 2.22. The molecular weight excluding hydrogens is 383 g/mol. The van der Waals surface area contributed by atoms with Crippen LogP contribution in [0.3, 0.4) is 0 Å². The fraction of sp³-hybridized carbons (Fsp3) is 0.0476. The van der Waals surface area contributed by atoms with Crippen molar-refractivity contribution in [3.8, 4) is 5.75 Å². The number of hydrogen-bond donors (Lipinski definition) is 1. The van der Waals surface area contributed by atoms with Gasteiger partial charge in [-0.3, -0.25) is 4.79 Å². The maximum atomic E-state index is 12.5. The van der Waals surface area contributed by atoms with Crippen LogP contribution in [0.4, 0.5) is 0 Å². The van der Waals surface area contributed by atoms with Crippen LogP contribution in [0.15, 0.2) is 77.9 Å². The molecule has 0 heterocycles. The molecule has 0 aliphatic rings. The minimum atomic E-state index is -0.391. The summed E-state index contributed by atoms with van der Waals surface area (Å²) in [4.78, 5) is 12.5. The first kappa shape index (κ1) is 19.0. The van der Waals surface area contributed by atoms with Gasteiger partial charge in [0.2, 0.25) is 0 Å². The molecule has 6 heteroatoms. The van der Waals surface area contributed by atoms with Crippen molar-refractivity contribution in [3.63, 3.8) is 0 Å². The molecule has 0 unspecified atom stereocenters. The van der Waals surface area contributed by atoms with E-state index in [2.05, 4.69) is 10.5 Å². The molecule has 4 nitrogen and oxygen atoms in total. The molecule has 27 heavy (non-hydrogen) atoms. The van der Waals surface area contributed by atoms with Crippen molar-refractivity contribution >= 4 is 35.3 Å². The first-order chi connectivity index (χ1) is 13.1. The predicted octanol–water partition coefficient (Wildman–Crippen LogP) is 5.34. The number of hydrazone groups is 1. The van der Waals surface area contributed by atoms with Crippen LogP contribution in [0.25, 0.3) is 0 Å². The molecule has 0 spiro atoms. The van der Waals surface area contributed by atoms with E-state index < -0.39 is 5.91 Å². The van der Waals surface area contributed by atoms with Crippen LogP contribution >= 0.6 is 23.2 Å². The van der Waals surface area contributed by atoms with E-state index in [1.54, 1.807) is 36.4 Å². The Morgan fingerprint density at radius 1 is 0.926 bits per heavy atom. The molecule has 3 rings (SSSR count). The molecular formula is C21H16Cl2N2O2. The number of benzene rings is 3. The van der Waals surface area contributed by atoms with Crippen LogP contribution in [0, 0.1) is 0 Å². The number of carbonyl (C=O) groups is 1. The van der Waals surface area contributed by atoms with Gasteiger partial charge in [-0.15, -0.1) is 0 Å². The van der Waals surface area contributed by atoms with E-state index in [0.717, 1.165) is 5.56 Å². The van der Waals surface area contributed by atoms with Crippen LogP contribution in [0.2, 0.25) is 10.0 Å². The van der Waals surface area contributed by atoms with E-state index in [1.165, 1.54) is 6.21 Å². The molecule has 0 bridgehead atoms. The van der Waals surface area contributed by atoms with Gasteiger partial charge < -0.3 is 4.74 Å². The lowest BCUT2D eigenvalue weighted by molar-refractivity contribution is 0.0950. The second kappa shape index (κ2) is 9.21. The summed E-state index contributed by atoms with van der Waals surface area (Å²) in [6.45, 7) is 0.365. The highest BCUT2D eigenvalue weighted by molar-refractivity contribution is 6.38. The summed E-state index contributed by atoms with van der Waals surface area (Å²) in [5.41, 5.74) is 4.41. The SMILES string of the molecule is O=C(NN=Cc1c(Cl)cccc1Cl)c1ccccc1OCc1ccccc1. The second-order valence-electron chi connectivity index (χ2n) is 5.60. The summed E-state index contributed by atoms with van der Waals surface area (Å²) in [6.07, 6.45) is 1.41. The van der Waals surface area contributed by atoms with Gasteiger partial charge in [0.1, 0.15) is 12.4 Å². The number of carbonyl (C=O) groups excluding carboxylic acids is 1. The van der Waals surface area contributed by atoms with Crippen LogP contribution in [-0.4, -0.2) is 12.1 Å². The summed E-state index contributed by atoms with van der Waals surface area (Å²) in [5.74, 6) is 0.0860. The fourth-order valence-corrected chi connectivity index (χ4v) is 2.86. The number of hydrogen-bond acceptors (Lipinski definition) is 3. The average molecular weight is 399 g/mol. The number of amides is 1.